The van der Waals surface area contributed by atoms with E-state index >= 15 is 0 Å². The highest BCUT2D eigenvalue weighted by Crippen LogP contribution is 2.30. The molecule has 0 spiro atoms. The second-order valence-corrected chi connectivity index (χ2v) is 10.3. The fourth-order valence-corrected chi connectivity index (χ4v) is 4.89. The van der Waals surface area contributed by atoms with Crippen molar-refractivity contribution in [1.29, 1.82) is 0 Å². The van der Waals surface area contributed by atoms with Crippen LogP contribution in [0, 0.1) is 19.8 Å². The minimum absolute atomic E-state index is 0.132. The Kier molecular flexibility index (Phi) is 7.32. The quantitative estimate of drug-likeness (QED) is 0.407. The molecule has 5 rings (SSSR count). The van der Waals surface area contributed by atoms with Crippen molar-refractivity contribution in [3.05, 3.63) is 56.7 Å². The Morgan fingerprint density at radius 1 is 1.31 bits per heavy atom. The Bertz CT molecular complexity index is 1310. The average molecular weight is 513 g/mol. The average Bonchev–Trinajstić information content (AvgIpc) is 3.63. The summed E-state index contributed by atoms with van der Waals surface area (Å²) in [4.78, 5) is 35.9. The van der Waals surface area contributed by atoms with Gasteiger partial charge in [-0.2, -0.15) is 0 Å². The Morgan fingerprint density at radius 3 is 2.94 bits per heavy atom. The molecule has 1 saturated heterocycles. The van der Waals surface area contributed by atoms with Crippen LogP contribution in [0.3, 0.4) is 0 Å². The van der Waals surface area contributed by atoms with Crippen LogP contribution in [0.4, 0.5) is 5.82 Å². The monoisotopic (exact) mass is 512 g/mol. The Labute approximate surface area is 215 Å². The van der Waals surface area contributed by atoms with Gasteiger partial charge in [0.15, 0.2) is 11.0 Å². The Balaban J connectivity index is 1.23. The number of aromatic nitrogens is 3. The van der Waals surface area contributed by atoms with Crippen molar-refractivity contribution in [2.45, 2.75) is 45.8 Å². The van der Waals surface area contributed by atoms with E-state index in [0.717, 1.165) is 47.6 Å². The first-order valence-corrected chi connectivity index (χ1v) is 12.9. The molecule has 1 atom stereocenters. The molecule has 3 N–H and O–H groups in total. The summed E-state index contributed by atoms with van der Waals surface area (Å²) in [5.74, 6) is 0.668. The van der Waals surface area contributed by atoms with Crippen LogP contribution < -0.4 is 16.2 Å². The van der Waals surface area contributed by atoms with Crippen LogP contribution in [-0.2, 0) is 22.6 Å². The molecule has 2 aliphatic rings. The topological polar surface area (TPSA) is 104 Å². The van der Waals surface area contributed by atoms with Crippen molar-refractivity contribution in [1.82, 2.24) is 24.8 Å². The summed E-state index contributed by atoms with van der Waals surface area (Å²) in [5, 5.41) is 7.43. The summed E-state index contributed by atoms with van der Waals surface area (Å²) in [5.41, 5.74) is 3.31. The number of carbonyl (C=O) groups is 1. The molecular formula is C26H33ClN6O3. The smallest absolute Gasteiger partial charge is 0.294 e. The molecule has 0 radical (unpaired) electrons. The van der Waals surface area contributed by atoms with Crippen molar-refractivity contribution in [2.75, 3.05) is 38.2 Å². The molecule has 0 bridgehead atoms. The number of fused-ring (bicyclic) bond motifs is 1. The lowest BCUT2D eigenvalue weighted by Crippen LogP contribution is -2.50. The number of H-pyrrole nitrogens is 1. The number of morpholine rings is 1. The maximum absolute atomic E-state index is 13.2. The van der Waals surface area contributed by atoms with Gasteiger partial charge in [-0.1, -0.05) is 17.7 Å². The number of rotatable bonds is 9. The van der Waals surface area contributed by atoms with Gasteiger partial charge in [-0.05, 0) is 55.9 Å². The number of benzene rings is 1. The van der Waals surface area contributed by atoms with E-state index < -0.39 is 0 Å². The molecule has 2 fully saturated rings. The van der Waals surface area contributed by atoms with Crippen molar-refractivity contribution in [2.24, 2.45) is 5.92 Å². The van der Waals surface area contributed by atoms with Gasteiger partial charge in [-0.15, -0.1) is 0 Å². The fourth-order valence-electron chi connectivity index (χ4n) is 4.71. The van der Waals surface area contributed by atoms with E-state index in [1.54, 1.807) is 6.92 Å². The molecule has 1 amide bonds. The van der Waals surface area contributed by atoms with Crippen LogP contribution in [0.25, 0.3) is 10.9 Å². The van der Waals surface area contributed by atoms with Crippen LogP contribution in [0.1, 0.15) is 29.7 Å². The summed E-state index contributed by atoms with van der Waals surface area (Å²) in [6, 6.07) is 6.20. The molecule has 2 aromatic heterocycles. The lowest BCUT2D eigenvalue weighted by atomic mass is 10.1. The lowest BCUT2D eigenvalue weighted by molar-refractivity contribution is -0.121. The van der Waals surface area contributed by atoms with E-state index in [9.17, 15) is 9.59 Å². The molecule has 9 nitrogen and oxygen atoms in total. The molecule has 36 heavy (non-hydrogen) atoms. The van der Waals surface area contributed by atoms with Gasteiger partial charge < -0.3 is 20.4 Å². The van der Waals surface area contributed by atoms with Gasteiger partial charge in [0.1, 0.15) is 6.54 Å². The van der Waals surface area contributed by atoms with E-state index in [4.69, 9.17) is 16.3 Å². The van der Waals surface area contributed by atoms with Crippen molar-refractivity contribution >= 4 is 34.2 Å². The normalized spacial score (nSPS) is 18.5. The van der Waals surface area contributed by atoms with Crippen molar-refractivity contribution in [3.8, 4) is 0 Å². The highest BCUT2D eigenvalue weighted by Gasteiger charge is 2.30. The number of anilines is 1. The van der Waals surface area contributed by atoms with Crippen molar-refractivity contribution < 1.29 is 9.53 Å². The minimum atomic E-state index is -0.359. The maximum atomic E-state index is 13.2. The van der Waals surface area contributed by atoms with Crippen molar-refractivity contribution in [3.63, 3.8) is 0 Å². The summed E-state index contributed by atoms with van der Waals surface area (Å²) >= 11 is 6.35. The number of carbonyl (C=O) groups excluding carboxylic acids is 1. The van der Waals surface area contributed by atoms with E-state index in [1.807, 2.05) is 25.3 Å². The first kappa shape index (κ1) is 24.8. The molecule has 3 aromatic rings. The largest absolute Gasteiger partial charge is 0.378 e. The zero-order valence-electron chi connectivity index (χ0n) is 20.8. The Morgan fingerprint density at radius 2 is 2.14 bits per heavy atom. The molecule has 10 heteroatoms. The molecule has 192 valence electrons. The molecular weight excluding hydrogens is 480 g/mol. The molecule has 3 heterocycles. The number of amides is 1. The number of nitrogens with zero attached hydrogens (tertiary/aromatic N) is 3. The van der Waals surface area contributed by atoms with E-state index in [0.29, 0.717) is 25.4 Å². The summed E-state index contributed by atoms with van der Waals surface area (Å²) < 4.78 is 7.06. The highest BCUT2D eigenvalue weighted by atomic mass is 35.5. The third-order valence-corrected chi connectivity index (χ3v) is 7.51. The molecule has 1 saturated carbocycles. The molecule has 1 aromatic carbocycles. The second kappa shape index (κ2) is 10.6. The first-order chi connectivity index (χ1) is 17.4. The molecule has 1 aliphatic heterocycles. The van der Waals surface area contributed by atoms with Gasteiger partial charge >= 0.3 is 0 Å². The van der Waals surface area contributed by atoms with Crippen LogP contribution in [-0.4, -0.2) is 64.2 Å². The van der Waals surface area contributed by atoms with Gasteiger partial charge in [-0.25, -0.2) is 4.98 Å². The minimum Gasteiger partial charge on any atom is -0.378 e. The SMILES string of the molecule is Cc1c[nH]c2ccc(CNC(=O)Cn3c(C)c(Cl)nc(NC[C@@H]4COCCN4CC4CC4)c3=O)cc12. The van der Waals surface area contributed by atoms with E-state index in [2.05, 4.69) is 31.6 Å². The van der Waals surface area contributed by atoms with Gasteiger partial charge in [-0.3, -0.25) is 19.1 Å². The molecule has 0 unspecified atom stereocenters. The third kappa shape index (κ3) is 5.58. The number of ether oxygens (including phenoxy) is 1. The number of hydrogen-bond acceptors (Lipinski definition) is 6. The predicted molar refractivity (Wildman–Crippen MR) is 141 cm³/mol. The standard InChI is InChI=1S/C26H33ClN6O3/c1-16-10-28-22-6-5-19(9-21(16)22)11-29-23(34)14-33-17(2)24(27)31-25(26(33)35)30-12-20-15-36-8-7-32(20)13-18-3-4-18/h5-6,9-10,18,20,28H,3-4,7-8,11-15H2,1-2H3,(H,29,34)(H,30,31)/t20-/m1/s1. The van der Waals surface area contributed by atoms with E-state index in [-0.39, 0.29) is 35.0 Å². The summed E-state index contributed by atoms with van der Waals surface area (Å²) in [7, 11) is 0. The number of aryl methyl sites for hydroxylation is 1. The lowest BCUT2D eigenvalue weighted by Gasteiger charge is -2.35. The van der Waals surface area contributed by atoms with Crippen LogP contribution in [0.5, 0.6) is 0 Å². The maximum Gasteiger partial charge on any atom is 0.294 e. The van der Waals surface area contributed by atoms with Gasteiger partial charge in [0.05, 0.1) is 24.9 Å². The number of halogens is 1. The van der Waals surface area contributed by atoms with Crippen LogP contribution in [0.2, 0.25) is 5.15 Å². The zero-order valence-corrected chi connectivity index (χ0v) is 21.5. The summed E-state index contributed by atoms with van der Waals surface area (Å²) in [6.45, 7) is 7.82. The van der Waals surface area contributed by atoms with Crippen LogP contribution in [0.15, 0.2) is 29.2 Å². The third-order valence-electron chi connectivity index (χ3n) is 7.15. The van der Waals surface area contributed by atoms with Gasteiger partial charge in [0, 0.05) is 43.3 Å². The first-order valence-electron chi connectivity index (χ1n) is 12.5. The van der Waals surface area contributed by atoms with Gasteiger partial charge in [0.25, 0.3) is 5.56 Å². The summed E-state index contributed by atoms with van der Waals surface area (Å²) in [6.07, 6.45) is 4.55. The second-order valence-electron chi connectivity index (χ2n) is 9.90. The zero-order chi connectivity index (χ0) is 25.2. The fraction of sp³-hybridized carbons (Fsp3) is 0.500. The highest BCUT2D eigenvalue weighted by molar-refractivity contribution is 6.30. The predicted octanol–water partition coefficient (Wildman–Crippen LogP) is 2.83. The molecule has 1 aliphatic carbocycles. The number of nitrogens with one attached hydrogen (secondary N) is 3. The Hall–Kier alpha value is -2.88. The number of hydrogen-bond donors (Lipinski definition) is 3. The number of aromatic amines is 1. The van der Waals surface area contributed by atoms with Gasteiger partial charge in [0.2, 0.25) is 5.91 Å². The van der Waals surface area contributed by atoms with E-state index in [1.165, 1.54) is 17.4 Å². The van der Waals surface area contributed by atoms with Crippen LogP contribution >= 0.6 is 11.6 Å².